The van der Waals surface area contributed by atoms with E-state index in [0.29, 0.717) is 0 Å². The quantitative estimate of drug-likeness (QED) is 0.875. The van der Waals surface area contributed by atoms with E-state index >= 15 is 0 Å². The minimum absolute atomic E-state index is 0.257. The van der Waals surface area contributed by atoms with E-state index in [1.165, 1.54) is 11.3 Å². The van der Waals surface area contributed by atoms with E-state index in [4.69, 9.17) is 4.74 Å². The van der Waals surface area contributed by atoms with Gasteiger partial charge in [-0.05, 0) is 24.3 Å². The Labute approximate surface area is 127 Å². The second-order valence-electron chi connectivity index (χ2n) is 4.84. The van der Waals surface area contributed by atoms with Crippen LogP contribution in [0.15, 0.2) is 24.3 Å². The van der Waals surface area contributed by atoms with Crippen LogP contribution in [-0.4, -0.2) is 59.6 Å². The highest BCUT2D eigenvalue weighted by atomic mass is 32.1. The van der Waals surface area contributed by atoms with E-state index in [2.05, 4.69) is 20.4 Å². The predicted molar refractivity (Wildman–Crippen MR) is 82.8 cm³/mol. The molecule has 1 fully saturated rings. The number of aromatic hydroxyl groups is 1. The van der Waals surface area contributed by atoms with E-state index < -0.39 is 0 Å². The molecule has 2 heterocycles. The van der Waals surface area contributed by atoms with Crippen molar-refractivity contribution in [1.29, 1.82) is 0 Å². The van der Waals surface area contributed by atoms with Crippen molar-refractivity contribution in [2.45, 2.75) is 0 Å². The zero-order valence-corrected chi connectivity index (χ0v) is 12.5. The Morgan fingerprint density at radius 3 is 2.71 bits per heavy atom. The molecule has 0 amide bonds. The van der Waals surface area contributed by atoms with Crippen molar-refractivity contribution < 1.29 is 9.84 Å². The summed E-state index contributed by atoms with van der Waals surface area (Å²) in [5.74, 6) is 0.257. The van der Waals surface area contributed by atoms with Crippen LogP contribution in [0.4, 0.5) is 5.13 Å². The molecule has 0 spiro atoms. The molecular formula is C14H18N4O2S. The van der Waals surface area contributed by atoms with Gasteiger partial charge in [-0.2, -0.15) is 0 Å². The third-order valence-electron chi connectivity index (χ3n) is 3.35. The number of morpholine rings is 1. The molecule has 0 aliphatic carbocycles. The average Bonchev–Trinajstić information content (AvgIpc) is 2.98. The summed E-state index contributed by atoms with van der Waals surface area (Å²) in [5.41, 5.74) is 0.964. The molecule has 0 bridgehead atoms. The SMILES string of the molecule is Oc1ccc(-c2nnc(NCCN3CCOCC3)s2)cc1. The van der Waals surface area contributed by atoms with Gasteiger partial charge in [-0.1, -0.05) is 11.3 Å². The summed E-state index contributed by atoms with van der Waals surface area (Å²) in [7, 11) is 0. The number of benzene rings is 1. The first kappa shape index (κ1) is 14.2. The standard InChI is InChI=1S/C14H18N4O2S/c19-12-3-1-11(2-4-12)13-16-17-14(21-13)15-5-6-18-7-9-20-10-8-18/h1-4,19H,5-10H2,(H,15,17). The van der Waals surface area contributed by atoms with Gasteiger partial charge in [0, 0.05) is 31.7 Å². The first-order chi connectivity index (χ1) is 10.3. The molecule has 21 heavy (non-hydrogen) atoms. The average molecular weight is 306 g/mol. The van der Waals surface area contributed by atoms with Crippen LogP contribution >= 0.6 is 11.3 Å². The Balaban J connectivity index is 1.51. The number of phenolic OH excluding ortho intramolecular Hbond substituents is 1. The van der Waals surface area contributed by atoms with Gasteiger partial charge >= 0.3 is 0 Å². The van der Waals surface area contributed by atoms with Gasteiger partial charge in [-0.25, -0.2) is 0 Å². The monoisotopic (exact) mass is 306 g/mol. The Kier molecular flexibility index (Phi) is 4.64. The van der Waals surface area contributed by atoms with Crippen molar-refractivity contribution in [2.24, 2.45) is 0 Å². The van der Waals surface area contributed by atoms with Crippen molar-refractivity contribution in [3.63, 3.8) is 0 Å². The zero-order valence-electron chi connectivity index (χ0n) is 11.7. The fourth-order valence-corrected chi connectivity index (χ4v) is 2.94. The summed E-state index contributed by atoms with van der Waals surface area (Å²) in [6, 6.07) is 6.99. The Morgan fingerprint density at radius 2 is 1.95 bits per heavy atom. The maximum atomic E-state index is 9.29. The van der Waals surface area contributed by atoms with Crippen LogP contribution < -0.4 is 5.32 Å². The van der Waals surface area contributed by atoms with Crippen molar-refractivity contribution in [3.05, 3.63) is 24.3 Å². The van der Waals surface area contributed by atoms with E-state index in [0.717, 1.165) is 55.1 Å². The van der Waals surface area contributed by atoms with Crippen LogP contribution in [0.3, 0.4) is 0 Å². The van der Waals surface area contributed by atoms with Crippen molar-refractivity contribution in [3.8, 4) is 16.3 Å². The number of ether oxygens (including phenoxy) is 1. The van der Waals surface area contributed by atoms with Gasteiger partial charge in [0.15, 0.2) is 0 Å². The number of anilines is 1. The lowest BCUT2D eigenvalue weighted by atomic mass is 10.2. The summed E-state index contributed by atoms with van der Waals surface area (Å²) in [5, 5.41) is 22.6. The Bertz CT molecular complexity index is 567. The highest BCUT2D eigenvalue weighted by Gasteiger charge is 2.10. The third kappa shape index (κ3) is 3.90. The highest BCUT2D eigenvalue weighted by Crippen LogP contribution is 2.27. The molecule has 1 aliphatic heterocycles. The lowest BCUT2D eigenvalue weighted by Crippen LogP contribution is -2.38. The highest BCUT2D eigenvalue weighted by molar-refractivity contribution is 7.18. The van der Waals surface area contributed by atoms with Gasteiger partial charge in [-0.15, -0.1) is 10.2 Å². The first-order valence-electron chi connectivity index (χ1n) is 6.98. The zero-order chi connectivity index (χ0) is 14.5. The van der Waals surface area contributed by atoms with Gasteiger partial charge in [0.1, 0.15) is 10.8 Å². The minimum Gasteiger partial charge on any atom is -0.508 e. The Hall–Kier alpha value is -1.70. The molecule has 1 aromatic carbocycles. The van der Waals surface area contributed by atoms with E-state index in [1.807, 2.05) is 12.1 Å². The molecule has 0 atom stereocenters. The smallest absolute Gasteiger partial charge is 0.206 e. The first-order valence-corrected chi connectivity index (χ1v) is 7.80. The number of nitrogens with zero attached hydrogens (tertiary/aromatic N) is 3. The number of nitrogens with one attached hydrogen (secondary N) is 1. The largest absolute Gasteiger partial charge is 0.508 e. The molecule has 0 radical (unpaired) electrons. The van der Waals surface area contributed by atoms with Gasteiger partial charge in [-0.3, -0.25) is 4.90 Å². The molecule has 3 rings (SSSR count). The molecule has 112 valence electrons. The molecule has 2 aromatic rings. The van der Waals surface area contributed by atoms with Gasteiger partial charge in [0.25, 0.3) is 0 Å². The molecule has 2 N–H and O–H groups in total. The third-order valence-corrected chi connectivity index (χ3v) is 4.28. The molecule has 1 aliphatic rings. The van der Waals surface area contributed by atoms with Gasteiger partial charge in [0.2, 0.25) is 5.13 Å². The van der Waals surface area contributed by atoms with Gasteiger partial charge < -0.3 is 15.2 Å². The summed E-state index contributed by atoms with van der Waals surface area (Å²) >= 11 is 1.52. The fraction of sp³-hybridized carbons (Fsp3) is 0.429. The maximum absolute atomic E-state index is 9.29. The summed E-state index contributed by atoms with van der Waals surface area (Å²) in [6.07, 6.45) is 0. The summed E-state index contributed by atoms with van der Waals surface area (Å²) in [4.78, 5) is 2.37. The molecule has 6 nitrogen and oxygen atoms in total. The number of phenols is 1. The lowest BCUT2D eigenvalue weighted by Gasteiger charge is -2.26. The second kappa shape index (κ2) is 6.84. The summed E-state index contributed by atoms with van der Waals surface area (Å²) in [6.45, 7) is 5.47. The van der Waals surface area contributed by atoms with Crippen LogP contribution in [0.25, 0.3) is 10.6 Å². The fourth-order valence-electron chi connectivity index (χ4n) is 2.16. The molecule has 1 aromatic heterocycles. The molecule has 1 saturated heterocycles. The van der Waals surface area contributed by atoms with Crippen molar-refractivity contribution in [2.75, 3.05) is 44.7 Å². The minimum atomic E-state index is 0.257. The lowest BCUT2D eigenvalue weighted by molar-refractivity contribution is 0.0398. The van der Waals surface area contributed by atoms with Crippen molar-refractivity contribution in [1.82, 2.24) is 15.1 Å². The van der Waals surface area contributed by atoms with Gasteiger partial charge in [0.05, 0.1) is 13.2 Å². The number of aromatic nitrogens is 2. The topological polar surface area (TPSA) is 70.5 Å². The van der Waals surface area contributed by atoms with Crippen LogP contribution in [0.5, 0.6) is 5.75 Å². The Morgan fingerprint density at radius 1 is 1.19 bits per heavy atom. The molecule has 0 unspecified atom stereocenters. The second-order valence-corrected chi connectivity index (χ2v) is 5.82. The number of hydrogen-bond acceptors (Lipinski definition) is 7. The van der Waals surface area contributed by atoms with Crippen molar-refractivity contribution >= 4 is 16.5 Å². The summed E-state index contributed by atoms with van der Waals surface area (Å²) < 4.78 is 5.32. The molecular weight excluding hydrogens is 288 g/mol. The molecule has 0 saturated carbocycles. The van der Waals surface area contributed by atoms with E-state index in [-0.39, 0.29) is 5.75 Å². The van der Waals surface area contributed by atoms with Crippen LogP contribution in [0, 0.1) is 0 Å². The number of hydrogen-bond donors (Lipinski definition) is 2. The maximum Gasteiger partial charge on any atom is 0.206 e. The predicted octanol–water partition coefficient (Wildman–Crippen LogP) is 1.65. The normalized spacial score (nSPS) is 16.0. The van der Waals surface area contributed by atoms with Crippen LogP contribution in [0.2, 0.25) is 0 Å². The van der Waals surface area contributed by atoms with E-state index in [9.17, 15) is 5.11 Å². The van der Waals surface area contributed by atoms with Crippen LogP contribution in [-0.2, 0) is 4.74 Å². The van der Waals surface area contributed by atoms with Crippen LogP contribution in [0.1, 0.15) is 0 Å². The van der Waals surface area contributed by atoms with E-state index in [1.54, 1.807) is 12.1 Å². The molecule has 7 heteroatoms. The number of rotatable bonds is 5.